The van der Waals surface area contributed by atoms with Crippen LogP contribution < -0.4 is 10.2 Å². The van der Waals surface area contributed by atoms with Gasteiger partial charge in [0, 0.05) is 17.3 Å². The zero-order valence-corrected chi connectivity index (χ0v) is 14.1. The normalized spacial score (nSPS) is 16.4. The summed E-state index contributed by atoms with van der Waals surface area (Å²) in [4.78, 5) is 26.4. The zero-order chi connectivity index (χ0) is 17.1. The van der Waals surface area contributed by atoms with E-state index in [0.717, 1.165) is 18.5 Å². The molecule has 0 aliphatic carbocycles. The van der Waals surface area contributed by atoms with Crippen LogP contribution in [0.2, 0.25) is 0 Å². The predicted molar refractivity (Wildman–Crippen MR) is 96.6 cm³/mol. The Bertz CT molecular complexity index is 770. The summed E-state index contributed by atoms with van der Waals surface area (Å²) >= 11 is 0. The summed E-state index contributed by atoms with van der Waals surface area (Å²) in [5.74, 6) is -0.158. The van der Waals surface area contributed by atoms with Gasteiger partial charge in [-0.15, -0.1) is 0 Å². The van der Waals surface area contributed by atoms with Crippen LogP contribution in [0.5, 0.6) is 0 Å². The molecule has 1 aliphatic heterocycles. The third kappa shape index (κ3) is 3.32. The van der Waals surface area contributed by atoms with Crippen molar-refractivity contribution in [1.82, 2.24) is 0 Å². The molecule has 0 unspecified atom stereocenters. The summed E-state index contributed by atoms with van der Waals surface area (Å²) in [6.07, 6.45) is 2.08. The Morgan fingerprint density at radius 3 is 2.62 bits per heavy atom. The second-order valence-corrected chi connectivity index (χ2v) is 6.29. The minimum absolute atomic E-state index is 0.0532. The van der Waals surface area contributed by atoms with Crippen LogP contribution in [0.3, 0.4) is 0 Å². The van der Waals surface area contributed by atoms with E-state index in [1.807, 2.05) is 18.2 Å². The quantitative estimate of drug-likeness (QED) is 0.874. The number of benzene rings is 2. The first-order valence-electron chi connectivity index (χ1n) is 8.30. The zero-order valence-electron chi connectivity index (χ0n) is 14.1. The number of anilines is 2. The fourth-order valence-electron chi connectivity index (χ4n) is 3.24. The standard InChI is InChI=1S/C20H22N2O2/c1-14-11-12-16-7-3-6-10-19(16)22(14)13-20(24)21-18-9-5-4-8-17(18)15(2)23/h3-10,14H,11-13H2,1-2H3,(H,21,24)/t14-/m0/s1. The van der Waals surface area contributed by atoms with Crippen molar-refractivity contribution in [1.29, 1.82) is 0 Å². The Balaban J connectivity index is 1.77. The van der Waals surface area contributed by atoms with Crippen molar-refractivity contribution in [2.75, 3.05) is 16.8 Å². The van der Waals surface area contributed by atoms with Gasteiger partial charge < -0.3 is 10.2 Å². The second kappa shape index (κ2) is 6.87. The van der Waals surface area contributed by atoms with Crippen LogP contribution in [-0.4, -0.2) is 24.3 Å². The highest BCUT2D eigenvalue weighted by atomic mass is 16.2. The Kier molecular flexibility index (Phi) is 4.65. The van der Waals surface area contributed by atoms with E-state index in [1.54, 1.807) is 18.2 Å². The van der Waals surface area contributed by atoms with E-state index >= 15 is 0 Å². The Morgan fingerprint density at radius 2 is 1.83 bits per heavy atom. The van der Waals surface area contributed by atoms with Crippen molar-refractivity contribution < 1.29 is 9.59 Å². The molecule has 2 aromatic rings. The van der Waals surface area contributed by atoms with Gasteiger partial charge in [-0.1, -0.05) is 30.3 Å². The number of Topliss-reactive ketones (excluding diaryl/α,β-unsaturated/α-hetero) is 1. The van der Waals surface area contributed by atoms with Gasteiger partial charge in [0.05, 0.1) is 12.2 Å². The van der Waals surface area contributed by atoms with E-state index in [2.05, 4.69) is 29.3 Å². The van der Waals surface area contributed by atoms with Crippen LogP contribution in [0.1, 0.15) is 36.2 Å². The molecule has 1 N–H and O–H groups in total. The number of carbonyl (C=O) groups excluding carboxylic acids is 2. The average Bonchev–Trinajstić information content (AvgIpc) is 2.58. The van der Waals surface area contributed by atoms with Crippen LogP contribution >= 0.6 is 0 Å². The number of hydrogen-bond donors (Lipinski definition) is 1. The maximum absolute atomic E-state index is 12.5. The topological polar surface area (TPSA) is 49.4 Å². The first-order valence-corrected chi connectivity index (χ1v) is 8.30. The van der Waals surface area contributed by atoms with E-state index < -0.39 is 0 Å². The molecular weight excluding hydrogens is 300 g/mol. The molecule has 0 saturated carbocycles. The third-order valence-corrected chi connectivity index (χ3v) is 4.56. The molecule has 2 aromatic carbocycles. The smallest absolute Gasteiger partial charge is 0.243 e. The monoisotopic (exact) mass is 322 g/mol. The summed E-state index contributed by atoms with van der Waals surface area (Å²) in [7, 11) is 0. The number of rotatable bonds is 4. The molecule has 0 saturated heterocycles. The summed E-state index contributed by atoms with van der Waals surface area (Å²) < 4.78 is 0. The molecule has 124 valence electrons. The number of hydrogen-bond acceptors (Lipinski definition) is 3. The van der Waals surface area contributed by atoms with Crippen molar-refractivity contribution in [3.63, 3.8) is 0 Å². The molecular formula is C20H22N2O2. The number of carbonyl (C=O) groups is 2. The molecule has 0 fully saturated rings. The molecule has 0 bridgehead atoms. The van der Waals surface area contributed by atoms with E-state index in [0.29, 0.717) is 17.3 Å². The summed E-state index contributed by atoms with van der Waals surface area (Å²) in [6.45, 7) is 3.94. The lowest BCUT2D eigenvalue weighted by molar-refractivity contribution is -0.115. The molecule has 0 aromatic heterocycles. The Morgan fingerprint density at radius 1 is 1.12 bits per heavy atom. The number of nitrogens with one attached hydrogen (secondary N) is 1. The molecule has 1 aliphatic rings. The fraction of sp³-hybridized carbons (Fsp3) is 0.300. The van der Waals surface area contributed by atoms with Crippen LogP contribution in [0.25, 0.3) is 0 Å². The van der Waals surface area contributed by atoms with Gasteiger partial charge in [0.25, 0.3) is 0 Å². The Hall–Kier alpha value is -2.62. The van der Waals surface area contributed by atoms with Crippen LogP contribution in [0, 0.1) is 0 Å². The molecule has 1 heterocycles. The lowest BCUT2D eigenvalue weighted by atomic mass is 9.96. The van der Waals surface area contributed by atoms with Gasteiger partial charge in [0.2, 0.25) is 5.91 Å². The highest BCUT2D eigenvalue weighted by Crippen LogP contribution is 2.30. The number of fused-ring (bicyclic) bond motifs is 1. The van der Waals surface area contributed by atoms with Crippen molar-refractivity contribution in [3.05, 3.63) is 59.7 Å². The molecule has 0 spiro atoms. The fourth-order valence-corrected chi connectivity index (χ4v) is 3.24. The third-order valence-electron chi connectivity index (χ3n) is 4.56. The van der Waals surface area contributed by atoms with Crippen molar-refractivity contribution >= 4 is 23.1 Å². The van der Waals surface area contributed by atoms with Gasteiger partial charge in [-0.2, -0.15) is 0 Å². The van der Waals surface area contributed by atoms with Crippen molar-refractivity contribution in [2.24, 2.45) is 0 Å². The molecule has 4 heteroatoms. The summed E-state index contributed by atoms with van der Waals surface area (Å²) in [5, 5.41) is 2.89. The molecule has 3 rings (SSSR count). The van der Waals surface area contributed by atoms with Crippen LogP contribution in [-0.2, 0) is 11.2 Å². The van der Waals surface area contributed by atoms with E-state index in [9.17, 15) is 9.59 Å². The largest absolute Gasteiger partial charge is 0.359 e. The molecule has 0 radical (unpaired) electrons. The lowest BCUT2D eigenvalue weighted by Gasteiger charge is -2.36. The average molecular weight is 322 g/mol. The minimum atomic E-state index is -0.104. The van der Waals surface area contributed by atoms with E-state index in [4.69, 9.17) is 0 Å². The van der Waals surface area contributed by atoms with Crippen LogP contribution in [0.4, 0.5) is 11.4 Å². The summed E-state index contributed by atoms with van der Waals surface area (Å²) in [5.41, 5.74) is 3.53. The number of amides is 1. The van der Waals surface area contributed by atoms with Gasteiger partial charge >= 0.3 is 0 Å². The second-order valence-electron chi connectivity index (χ2n) is 6.29. The molecule has 1 amide bonds. The van der Waals surface area contributed by atoms with Gasteiger partial charge in [-0.3, -0.25) is 9.59 Å². The highest BCUT2D eigenvalue weighted by Gasteiger charge is 2.24. The number of aryl methyl sites for hydroxylation is 1. The maximum Gasteiger partial charge on any atom is 0.243 e. The number of nitrogens with zero attached hydrogens (tertiary/aromatic N) is 1. The van der Waals surface area contributed by atoms with Gasteiger partial charge in [-0.25, -0.2) is 0 Å². The van der Waals surface area contributed by atoms with Gasteiger partial charge in [0.15, 0.2) is 5.78 Å². The molecule has 1 atom stereocenters. The van der Waals surface area contributed by atoms with Crippen molar-refractivity contribution in [3.8, 4) is 0 Å². The first kappa shape index (κ1) is 16.2. The molecule has 4 nitrogen and oxygen atoms in total. The lowest BCUT2D eigenvalue weighted by Crippen LogP contribution is -2.42. The van der Waals surface area contributed by atoms with E-state index in [1.165, 1.54) is 12.5 Å². The SMILES string of the molecule is CC(=O)c1ccccc1NC(=O)CN1c2ccccc2CC[C@@H]1C. The minimum Gasteiger partial charge on any atom is -0.359 e. The van der Waals surface area contributed by atoms with Crippen LogP contribution in [0.15, 0.2) is 48.5 Å². The number of para-hydroxylation sites is 2. The van der Waals surface area contributed by atoms with E-state index in [-0.39, 0.29) is 18.2 Å². The summed E-state index contributed by atoms with van der Waals surface area (Å²) in [6, 6.07) is 15.7. The predicted octanol–water partition coefficient (Wildman–Crippen LogP) is 3.67. The Labute approximate surface area is 142 Å². The van der Waals surface area contributed by atoms with Crippen molar-refractivity contribution in [2.45, 2.75) is 32.7 Å². The van der Waals surface area contributed by atoms with Gasteiger partial charge in [0.1, 0.15) is 0 Å². The first-order chi connectivity index (χ1) is 11.6. The maximum atomic E-state index is 12.5. The number of ketones is 1. The highest BCUT2D eigenvalue weighted by molar-refractivity contribution is 6.04. The molecule has 24 heavy (non-hydrogen) atoms. The van der Waals surface area contributed by atoms with Gasteiger partial charge in [-0.05, 0) is 50.5 Å².